The van der Waals surface area contributed by atoms with Crippen LogP contribution in [0.4, 0.5) is 5.69 Å². The van der Waals surface area contributed by atoms with Crippen molar-refractivity contribution in [1.82, 2.24) is 10.2 Å². The van der Waals surface area contributed by atoms with Gasteiger partial charge in [0.15, 0.2) is 0 Å². The van der Waals surface area contributed by atoms with Gasteiger partial charge in [-0.25, -0.2) is 8.42 Å². The summed E-state index contributed by atoms with van der Waals surface area (Å²) in [6.45, 7) is 5.66. The van der Waals surface area contributed by atoms with Gasteiger partial charge < -0.3 is 10.2 Å². The molecule has 0 radical (unpaired) electrons. The third-order valence-corrected chi connectivity index (χ3v) is 7.77. The van der Waals surface area contributed by atoms with E-state index in [-0.39, 0.29) is 23.3 Å². The quantitative estimate of drug-likeness (QED) is 0.380. The number of anilines is 1. The zero-order chi connectivity index (χ0) is 27.0. The third kappa shape index (κ3) is 7.57. The smallest absolute Gasteiger partial charge is 0.264 e. The highest BCUT2D eigenvalue weighted by atomic mass is 35.5. The summed E-state index contributed by atoms with van der Waals surface area (Å²) in [5.74, 6) is -0.602. The Kier molecular flexibility index (Phi) is 9.72. The molecule has 196 valence electrons. The van der Waals surface area contributed by atoms with Gasteiger partial charge in [0.05, 0.1) is 10.6 Å². The molecule has 0 fully saturated rings. The van der Waals surface area contributed by atoms with Gasteiger partial charge in [0, 0.05) is 18.1 Å². The Bertz CT molecular complexity index is 1300. The number of benzene rings is 3. The number of carbonyl (C=O) groups is 2. The van der Waals surface area contributed by atoms with Crippen LogP contribution in [0.2, 0.25) is 5.02 Å². The highest BCUT2D eigenvalue weighted by molar-refractivity contribution is 7.92. The van der Waals surface area contributed by atoms with Gasteiger partial charge in [0.2, 0.25) is 11.8 Å². The second-order valence-corrected chi connectivity index (χ2v) is 11.4. The molecule has 0 aliphatic carbocycles. The predicted octanol–water partition coefficient (Wildman–Crippen LogP) is 4.72. The highest BCUT2D eigenvalue weighted by Crippen LogP contribution is 2.24. The maximum Gasteiger partial charge on any atom is 0.264 e. The molecule has 0 aliphatic rings. The molecule has 0 spiro atoms. The van der Waals surface area contributed by atoms with E-state index in [2.05, 4.69) is 5.32 Å². The topological polar surface area (TPSA) is 86.8 Å². The largest absolute Gasteiger partial charge is 0.354 e. The van der Waals surface area contributed by atoms with Gasteiger partial charge in [-0.2, -0.15) is 0 Å². The first-order chi connectivity index (χ1) is 17.6. The van der Waals surface area contributed by atoms with Crippen molar-refractivity contribution in [3.8, 4) is 0 Å². The molecule has 0 aromatic heterocycles. The minimum absolute atomic E-state index is 0.0655. The van der Waals surface area contributed by atoms with Crippen LogP contribution in [0.15, 0.2) is 89.8 Å². The van der Waals surface area contributed by atoms with Gasteiger partial charge in [-0.05, 0) is 54.8 Å². The molecule has 0 bridgehead atoms. The Hall–Kier alpha value is -3.36. The lowest BCUT2D eigenvalue weighted by molar-refractivity contribution is -0.139. The molecule has 3 aromatic rings. The fourth-order valence-electron chi connectivity index (χ4n) is 3.71. The van der Waals surface area contributed by atoms with Gasteiger partial charge in [0.1, 0.15) is 12.6 Å². The molecule has 37 heavy (non-hydrogen) atoms. The molecular weight excluding hydrogens is 510 g/mol. The Morgan fingerprint density at radius 3 is 2.11 bits per heavy atom. The van der Waals surface area contributed by atoms with E-state index < -0.39 is 28.5 Å². The van der Waals surface area contributed by atoms with E-state index in [0.29, 0.717) is 17.3 Å². The number of carbonyl (C=O) groups excluding carboxylic acids is 2. The van der Waals surface area contributed by atoms with E-state index in [9.17, 15) is 18.0 Å². The Balaban J connectivity index is 1.97. The second kappa shape index (κ2) is 12.7. The van der Waals surface area contributed by atoms with Gasteiger partial charge >= 0.3 is 0 Å². The van der Waals surface area contributed by atoms with Crippen LogP contribution in [-0.2, 0) is 26.2 Å². The van der Waals surface area contributed by atoms with E-state index in [4.69, 9.17) is 11.6 Å². The van der Waals surface area contributed by atoms with Crippen LogP contribution in [0.25, 0.3) is 0 Å². The number of hydrogen-bond donors (Lipinski definition) is 1. The van der Waals surface area contributed by atoms with Crippen molar-refractivity contribution >= 4 is 39.1 Å². The van der Waals surface area contributed by atoms with Crippen molar-refractivity contribution in [1.29, 1.82) is 0 Å². The number of nitrogens with zero attached hydrogens (tertiary/aromatic N) is 2. The SMILES string of the molecule is CC(C)CNC(=O)[C@H](C)N(Cc1cccc(Cl)c1)C(=O)CN(c1ccccc1)S(=O)(=O)c1ccccc1. The normalized spacial score (nSPS) is 12.1. The lowest BCUT2D eigenvalue weighted by atomic mass is 10.1. The van der Waals surface area contributed by atoms with E-state index >= 15 is 0 Å². The lowest BCUT2D eigenvalue weighted by Gasteiger charge is -2.32. The first-order valence-electron chi connectivity index (χ1n) is 12.0. The van der Waals surface area contributed by atoms with E-state index in [1.54, 1.807) is 79.7 Å². The summed E-state index contributed by atoms with van der Waals surface area (Å²) in [6.07, 6.45) is 0. The summed E-state index contributed by atoms with van der Waals surface area (Å²) in [5.41, 5.74) is 1.07. The molecule has 9 heteroatoms. The van der Waals surface area contributed by atoms with Crippen LogP contribution in [0.1, 0.15) is 26.3 Å². The van der Waals surface area contributed by atoms with Gasteiger partial charge in [-0.15, -0.1) is 0 Å². The third-order valence-electron chi connectivity index (χ3n) is 5.75. The second-order valence-electron chi connectivity index (χ2n) is 9.13. The fourth-order valence-corrected chi connectivity index (χ4v) is 5.36. The summed E-state index contributed by atoms with van der Waals surface area (Å²) in [6, 6.07) is 22.6. The van der Waals surface area contributed by atoms with Crippen LogP contribution >= 0.6 is 11.6 Å². The zero-order valence-corrected chi connectivity index (χ0v) is 22.7. The Morgan fingerprint density at radius 1 is 0.892 bits per heavy atom. The minimum Gasteiger partial charge on any atom is -0.354 e. The molecule has 0 aliphatic heterocycles. The molecule has 2 amide bonds. The number of hydrogen-bond acceptors (Lipinski definition) is 4. The lowest BCUT2D eigenvalue weighted by Crippen LogP contribution is -2.51. The molecule has 1 atom stereocenters. The summed E-state index contributed by atoms with van der Waals surface area (Å²) < 4.78 is 28.3. The van der Waals surface area contributed by atoms with Crippen LogP contribution in [0.5, 0.6) is 0 Å². The molecular formula is C28H32ClN3O4S. The summed E-state index contributed by atoms with van der Waals surface area (Å²) in [5, 5.41) is 3.36. The number of rotatable bonds is 11. The maximum atomic E-state index is 13.8. The molecule has 0 heterocycles. The average molecular weight is 542 g/mol. The molecule has 7 nitrogen and oxygen atoms in total. The van der Waals surface area contributed by atoms with Gasteiger partial charge in [-0.3, -0.25) is 13.9 Å². The first kappa shape index (κ1) is 28.2. The fraction of sp³-hybridized carbons (Fsp3) is 0.286. The van der Waals surface area contributed by atoms with Crippen LogP contribution in [0, 0.1) is 5.92 Å². The molecule has 3 rings (SSSR count). The summed E-state index contributed by atoms with van der Waals surface area (Å²) in [7, 11) is -4.07. The number of para-hydroxylation sites is 1. The Morgan fingerprint density at radius 2 is 1.51 bits per heavy atom. The van der Waals surface area contributed by atoms with Crippen LogP contribution in [-0.4, -0.2) is 44.3 Å². The average Bonchev–Trinajstić information content (AvgIpc) is 2.89. The number of nitrogens with one attached hydrogen (secondary N) is 1. The summed E-state index contributed by atoms with van der Waals surface area (Å²) >= 11 is 6.16. The van der Waals surface area contributed by atoms with Crippen LogP contribution in [0.3, 0.4) is 0 Å². The standard InChI is InChI=1S/C28H32ClN3O4S/c1-21(2)18-30-28(34)22(3)31(19-23-11-10-12-24(29)17-23)27(33)20-32(25-13-6-4-7-14-25)37(35,36)26-15-8-5-9-16-26/h4-17,21-22H,18-20H2,1-3H3,(H,30,34)/t22-/m0/s1. The zero-order valence-electron chi connectivity index (χ0n) is 21.2. The monoisotopic (exact) mass is 541 g/mol. The van der Waals surface area contributed by atoms with Crippen molar-refractivity contribution in [3.05, 3.63) is 95.5 Å². The van der Waals surface area contributed by atoms with E-state index in [0.717, 1.165) is 9.87 Å². The highest BCUT2D eigenvalue weighted by Gasteiger charge is 2.32. The van der Waals surface area contributed by atoms with E-state index in [1.807, 2.05) is 13.8 Å². The van der Waals surface area contributed by atoms with Gasteiger partial charge in [0.25, 0.3) is 10.0 Å². The van der Waals surface area contributed by atoms with Crippen LogP contribution < -0.4 is 9.62 Å². The van der Waals surface area contributed by atoms with Crippen molar-refractivity contribution < 1.29 is 18.0 Å². The molecule has 3 aromatic carbocycles. The summed E-state index contributed by atoms with van der Waals surface area (Å²) in [4.78, 5) is 28.2. The minimum atomic E-state index is -4.07. The van der Waals surface area contributed by atoms with Gasteiger partial charge in [-0.1, -0.05) is 74.0 Å². The van der Waals surface area contributed by atoms with Crippen molar-refractivity contribution in [2.75, 3.05) is 17.4 Å². The molecule has 0 saturated carbocycles. The first-order valence-corrected chi connectivity index (χ1v) is 13.9. The van der Waals surface area contributed by atoms with Crippen molar-refractivity contribution in [3.63, 3.8) is 0 Å². The maximum absolute atomic E-state index is 13.8. The van der Waals surface area contributed by atoms with E-state index in [1.165, 1.54) is 17.0 Å². The van der Waals surface area contributed by atoms with Crippen molar-refractivity contribution in [2.24, 2.45) is 5.92 Å². The number of sulfonamides is 1. The molecule has 1 N–H and O–H groups in total. The number of amides is 2. The predicted molar refractivity (Wildman–Crippen MR) is 147 cm³/mol. The number of halogens is 1. The molecule has 0 unspecified atom stereocenters. The van der Waals surface area contributed by atoms with Crippen molar-refractivity contribution in [2.45, 2.75) is 38.3 Å². The Labute approximate surface area is 224 Å². The molecule has 0 saturated heterocycles.